The van der Waals surface area contributed by atoms with Crippen molar-refractivity contribution < 1.29 is 9.53 Å². The van der Waals surface area contributed by atoms with Gasteiger partial charge in [-0.1, -0.05) is 24.3 Å². The van der Waals surface area contributed by atoms with Gasteiger partial charge in [-0.2, -0.15) is 0 Å². The van der Waals surface area contributed by atoms with E-state index in [1.807, 2.05) is 37.3 Å². The summed E-state index contributed by atoms with van der Waals surface area (Å²) in [4.78, 5) is 16.3. The van der Waals surface area contributed by atoms with Crippen molar-refractivity contribution in [3.63, 3.8) is 0 Å². The third kappa shape index (κ3) is 2.70. The van der Waals surface area contributed by atoms with Crippen LogP contribution in [-0.4, -0.2) is 11.0 Å². The summed E-state index contributed by atoms with van der Waals surface area (Å²) in [5, 5.41) is 0.815. The predicted octanol–water partition coefficient (Wildman–Crippen LogP) is 3.96. The largest absolute Gasteiger partial charge is 0.455 e. The van der Waals surface area contributed by atoms with E-state index in [9.17, 15) is 4.79 Å². The molecule has 2 aromatic carbocycles. The van der Waals surface area contributed by atoms with E-state index in [0.29, 0.717) is 5.56 Å². The number of nitrogens with zero attached hydrogens (tertiary/aromatic N) is 1. The highest BCUT2D eigenvalue weighted by Crippen LogP contribution is 2.23. The fourth-order valence-corrected chi connectivity index (χ4v) is 2.90. The molecule has 0 unspecified atom stereocenters. The van der Waals surface area contributed by atoms with Gasteiger partial charge >= 0.3 is 5.97 Å². The molecule has 100 valence electrons. The highest BCUT2D eigenvalue weighted by molar-refractivity contribution is 7.18. The molecule has 0 saturated heterocycles. The SMILES string of the molecule is Cc1ccc2nc(COC(=O)c3ccccc3)sc2c1. The van der Waals surface area contributed by atoms with Gasteiger partial charge in [0.1, 0.15) is 11.6 Å². The van der Waals surface area contributed by atoms with Crippen LogP contribution >= 0.6 is 11.3 Å². The number of hydrogen-bond donors (Lipinski definition) is 0. The second kappa shape index (κ2) is 5.43. The van der Waals surface area contributed by atoms with E-state index in [0.717, 1.165) is 15.2 Å². The minimum Gasteiger partial charge on any atom is -0.455 e. The molecule has 0 amide bonds. The summed E-state index contributed by atoms with van der Waals surface area (Å²) < 4.78 is 6.40. The van der Waals surface area contributed by atoms with E-state index in [1.165, 1.54) is 5.56 Å². The molecule has 4 heteroatoms. The monoisotopic (exact) mass is 283 g/mol. The third-order valence-electron chi connectivity index (χ3n) is 2.92. The van der Waals surface area contributed by atoms with Gasteiger partial charge in [-0.3, -0.25) is 0 Å². The Morgan fingerprint density at radius 3 is 2.80 bits per heavy atom. The lowest BCUT2D eigenvalue weighted by Crippen LogP contribution is -2.04. The average molecular weight is 283 g/mol. The van der Waals surface area contributed by atoms with E-state index in [2.05, 4.69) is 11.1 Å². The summed E-state index contributed by atoms with van der Waals surface area (Å²) in [6.07, 6.45) is 0. The van der Waals surface area contributed by atoms with Gasteiger partial charge in [-0.25, -0.2) is 9.78 Å². The Morgan fingerprint density at radius 1 is 1.20 bits per heavy atom. The summed E-state index contributed by atoms with van der Waals surface area (Å²) in [5.41, 5.74) is 2.71. The lowest BCUT2D eigenvalue weighted by molar-refractivity contribution is 0.0472. The Bertz CT molecular complexity index is 750. The minimum atomic E-state index is -0.318. The Labute approximate surface area is 120 Å². The number of fused-ring (bicyclic) bond motifs is 1. The first kappa shape index (κ1) is 12.8. The number of ether oxygens (including phenoxy) is 1. The van der Waals surface area contributed by atoms with Crippen molar-refractivity contribution >= 4 is 27.5 Å². The molecular formula is C16H13NO2S. The number of thiazole rings is 1. The van der Waals surface area contributed by atoms with Crippen LogP contribution < -0.4 is 0 Å². The number of aryl methyl sites for hydroxylation is 1. The standard InChI is InChI=1S/C16H13NO2S/c1-11-7-8-13-14(9-11)20-15(17-13)10-19-16(18)12-5-3-2-4-6-12/h2-9H,10H2,1H3. The molecule has 0 N–H and O–H groups in total. The summed E-state index contributed by atoms with van der Waals surface area (Å²) in [5.74, 6) is -0.318. The first-order chi connectivity index (χ1) is 9.72. The summed E-state index contributed by atoms with van der Waals surface area (Å²) in [6, 6.07) is 15.1. The number of benzene rings is 2. The maximum Gasteiger partial charge on any atom is 0.338 e. The molecule has 0 aliphatic carbocycles. The van der Waals surface area contributed by atoms with Crippen molar-refractivity contribution in [2.24, 2.45) is 0 Å². The van der Waals surface area contributed by atoms with Crippen LogP contribution in [0.25, 0.3) is 10.2 Å². The zero-order valence-electron chi connectivity index (χ0n) is 11.0. The van der Waals surface area contributed by atoms with Crippen LogP contribution in [0, 0.1) is 6.92 Å². The Hall–Kier alpha value is -2.20. The maximum atomic E-state index is 11.8. The van der Waals surface area contributed by atoms with Crippen molar-refractivity contribution in [1.29, 1.82) is 0 Å². The van der Waals surface area contributed by atoms with E-state index in [4.69, 9.17) is 4.74 Å². The highest BCUT2D eigenvalue weighted by atomic mass is 32.1. The summed E-state index contributed by atoms with van der Waals surface area (Å²) >= 11 is 1.56. The number of carbonyl (C=O) groups is 1. The molecule has 3 nitrogen and oxygen atoms in total. The van der Waals surface area contributed by atoms with Crippen LogP contribution in [0.5, 0.6) is 0 Å². The Morgan fingerprint density at radius 2 is 2.00 bits per heavy atom. The van der Waals surface area contributed by atoms with E-state index < -0.39 is 0 Å². The predicted molar refractivity (Wildman–Crippen MR) is 79.9 cm³/mol. The number of esters is 1. The van der Waals surface area contributed by atoms with Gasteiger partial charge in [0.2, 0.25) is 0 Å². The van der Waals surface area contributed by atoms with Crippen LogP contribution in [0.15, 0.2) is 48.5 Å². The second-order valence-corrected chi connectivity index (χ2v) is 5.64. The van der Waals surface area contributed by atoms with Crippen molar-refractivity contribution in [1.82, 2.24) is 4.98 Å². The summed E-state index contributed by atoms with van der Waals surface area (Å²) in [6.45, 7) is 2.26. The Kier molecular flexibility index (Phi) is 3.48. The van der Waals surface area contributed by atoms with Crippen molar-refractivity contribution in [3.8, 4) is 0 Å². The summed E-state index contributed by atoms with van der Waals surface area (Å²) in [7, 11) is 0. The molecule has 3 rings (SSSR count). The first-order valence-electron chi connectivity index (χ1n) is 6.30. The van der Waals surface area contributed by atoms with Gasteiger partial charge in [0, 0.05) is 0 Å². The van der Waals surface area contributed by atoms with Crippen molar-refractivity contribution in [3.05, 3.63) is 64.7 Å². The lowest BCUT2D eigenvalue weighted by atomic mass is 10.2. The van der Waals surface area contributed by atoms with Crippen molar-refractivity contribution in [2.45, 2.75) is 13.5 Å². The zero-order valence-corrected chi connectivity index (χ0v) is 11.8. The molecule has 0 bridgehead atoms. The van der Waals surface area contributed by atoms with E-state index in [1.54, 1.807) is 23.5 Å². The molecular weight excluding hydrogens is 270 g/mol. The molecule has 0 atom stereocenters. The topological polar surface area (TPSA) is 39.2 Å². The van der Waals surface area contributed by atoms with Gasteiger partial charge < -0.3 is 4.74 Å². The average Bonchev–Trinajstić information content (AvgIpc) is 2.87. The molecule has 0 aliphatic heterocycles. The molecule has 3 aromatic rings. The molecule has 1 heterocycles. The van der Waals surface area contributed by atoms with Crippen molar-refractivity contribution in [2.75, 3.05) is 0 Å². The Balaban J connectivity index is 1.72. The molecule has 1 aromatic heterocycles. The number of carbonyl (C=O) groups excluding carboxylic acids is 1. The fourth-order valence-electron chi connectivity index (χ4n) is 1.93. The smallest absolute Gasteiger partial charge is 0.338 e. The van der Waals surface area contributed by atoms with Gasteiger partial charge in [0.05, 0.1) is 15.8 Å². The second-order valence-electron chi connectivity index (χ2n) is 4.52. The minimum absolute atomic E-state index is 0.214. The number of aromatic nitrogens is 1. The maximum absolute atomic E-state index is 11.8. The van der Waals surface area contributed by atoms with Gasteiger partial charge in [0.15, 0.2) is 0 Å². The molecule has 0 fully saturated rings. The zero-order chi connectivity index (χ0) is 13.9. The molecule has 0 aliphatic rings. The molecule has 0 radical (unpaired) electrons. The van der Waals surface area contributed by atoms with Crippen LogP contribution in [0.1, 0.15) is 20.9 Å². The quantitative estimate of drug-likeness (QED) is 0.683. The van der Waals surface area contributed by atoms with Gasteiger partial charge in [-0.15, -0.1) is 11.3 Å². The highest BCUT2D eigenvalue weighted by Gasteiger charge is 2.09. The third-order valence-corrected chi connectivity index (χ3v) is 3.92. The molecule has 20 heavy (non-hydrogen) atoms. The van der Waals surface area contributed by atoms with Crippen LogP contribution in [0.3, 0.4) is 0 Å². The van der Waals surface area contributed by atoms with Crippen LogP contribution in [0.2, 0.25) is 0 Å². The normalized spacial score (nSPS) is 10.7. The number of hydrogen-bond acceptors (Lipinski definition) is 4. The number of rotatable bonds is 3. The van der Waals surface area contributed by atoms with Gasteiger partial charge in [-0.05, 0) is 36.8 Å². The van der Waals surface area contributed by atoms with Gasteiger partial charge in [0.25, 0.3) is 0 Å². The lowest BCUT2D eigenvalue weighted by Gasteiger charge is -2.01. The van der Waals surface area contributed by atoms with E-state index >= 15 is 0 Å². The van der Waals surface area contributed by atoms with Crippen LogP contribution in [-0.2, 0) is 11.3 Å². The fraction of sp³-hybridized carbons (Fsp3) is 0.125. The molecule has 0 spiro atoms. The molecule has 0 saturated carbocycles. The first-order valence-corrected chi connectivity index (χ1v) is 7.12. The van der Waals surface area contributed by atoms with Crippen LogP contribution in [0.4, 0.5) is 0 Å². The van der Waals surface area contributed by atoms with E-state index in [-0.39, 0.29) is 12.6 Å².